The molecule has 1 fully saturated rings. The fourth-order valence-corrected chi connectivity index (χ4v) is 3.23. The average molecular weight is 369 g/mol. The molecule has 0 spiro atoms. The number of halogens is 1. The van der Waals surface area contributed by atoms with Gasteiger partial charge in [0.2, 0.25) is 0 Å². The van der Waals surface area contributed by atoms with E-state index in [1.54, 1.807) is 23.9 Å². The molecule has 0 aliphatic carbocycles. The van der Waals surface area contributed by atoms with Gasteiger partial charge in [0.15, 0.2) is 5.96 Å². The van der Waals surface area contributed by atoms with Crippen molar-refractivity contribution in [3.8, 4) is 6.07 Å². The number of anilines is 1. The molecule has 0 amide bonds. The van der Waals surface area contributed by atoms with E-state index in [1.807, 2.05) is 25.5 Å². The van der Waals surface area contributed by atoms with Crippen LogP contribution in [-0.4, -0.2) is 41.9 Å². The summed E-state index contributed by atoms with van der Waals surface area (Å²) in [5.41, 5.74) is 1.93. The zero-order valence-corrected chi connectivity index (χ0v) is 15.6. The van der Waals surface area contributed by atoms with Gasteiger partial charge in [0, 0.05) is 51.5 Å². The highest BCUT2D eigenvalue weighted by Gasteiger charge is 2.21. The Labute approximate surface area is 158 Å². The van der Waals surface area contributed by atoms with Gasteiger partial charge < -0.3 is 15.5 Å². The first-order valence-electron chi connectivity index (χ1n) is 8.98. The molecule has 0 saturated carbocycles. The number of aromatic nitrogens is 2. The van der Waals surface area contributed by atoms with E-state index in [0.717, 1.165) is 31.6 Å². The first kappa shape index (κ1) is 18.7. The number of hydrogen-bond acceptors (Lipinski definition) is 4. The SMILES string of the molecule is CN=C(NCc1ccc(C#N)cc1F)NC1CCCN(c2cnn(C)c2)C1. The van der Waals surface area contributed by atoms with E-state index in [-0.39, 0.29) is 6.04 Å². The summed E-state index contributed by atoms with van der Waals surface area (Å²) in [7, 11) is 3.61. The Hall–Kier alpha value is -3.08. The summed E-state index contributed by atoms with van der Waals surface area (Å²) in [4.78, 5) is 6.55. The predicted molar refractivity (Wildman–Crippen MR) is 103 cm³/mol. The van der Waals surface area contributed by atoms with Crippen LogP contribution in [0.4, 0.5) is 10.1 Å². The fraction of sp³-hybridized carbons (Fsp3) is 0.421. The molecule has 1 unspecified atom stereocenters. The monoisotopic (exact) mass is 369 g/mol. The van der Waals surface area contributed by atoms with E-state index in [2.05, 4.69) is 25.6 Å². The Kier molecular flexibility index (Phi) is 5.91. The van der Waals surface area contributed by atoms with Gasteiger partial charge >= 0.3 is 0 Å². The predicted octanol–water partition coefficient (Wildman–Crippen LogP) is 1.76. The molecule has 1 atom stereocenters. The first-order chi connectivity index (χ1) is 13.1. The van der Waals surface area contributed by atoms with Crippen molar-refractivity contribution in [2.75, 3.05) is 25.0 Å². The second-order valence-corrected chi connectivity index (χ2v) is 6.65. The molecule has 1 saturated heterocycles. The molecule has 1 aromatic carbocycles. The minimum Gasteiger partial charge on any atom is -0.367 e. The Balaban J connectivity index is 1.56. The zero-order valence-electron chi connectivity index (χ0n) is 15.6. The molecule has 1 aromatic heterocycles. The van der Waals surface area contributed by atoms with Gasteiger partial charge in [-0.05, 0) is 25.0 Å². The number of rotatable bonds is 4. The Bertz CT molecular complexity index is 852. The smallest absolute Gasteiger partial charge is 0.191 e. The Morgan fingerprint density at radius 1 is 1.48 bits per heavy atom. The number of aryl methyl sites for hydroxylation is 1. The molecular formula is C19H24FN7. The average Bonchev–Trinajstić information content (AvgIpc) is 3.12. The summed E-state index contributed by atoms with van der Waals surface area (Å²) in [6, 6.07) is 6.67. The van der Waals surface area contributed by atoms with Crippen LogP contribution >= 0.6 is 0 Å². The van der Waals surface area contributed by atoms with Crippen LogP contribution in [0.2, 0.25) is 0 Å². The molecule has 2 aromatic rings. The molecule has 3 rings (SSSR count). The number of nitrogens with one attached hydrogen (secondary N) is 2. The Morgan fingerprint density at radius 3 is 3.00 bits per heavy atom. The van der Waals surface area contributed by atoms with Crippen molar-refractivity contribution in [3.05, 3.63) is 47.5 Å². The lowest BCUT2D eigenvalue weighted by Crippen LogP contribution is -2.51. The zero-order chi connectivity index (χ0) is 19.2. The van der Waals surface area contributed by atoms with Gasteiger partial charge in [-0.15, -0.1) is 0 Å². The van der Waals surface area contributed by atoms with E-state index < -0.39 is 5.82 Å². The van der Waals surface area contributed by atoms with Crippen LogP contribution in [0.3, 0.4) is 0 Å². The molecule has 7 nitrogen and oxygen atoms in total. The molecule has 0 bridgehead atoms. The summed E-state index contributed by atoms with van der Waals surface area (Å²) in [6.07, 6.45) is 6.02. The van der Waals surface area contributed by atoms with Gasteiger partial charge in [0.25, 0.3) is 0 Å². The van der Waals surface area contributed by atoms with Crippen molar-refractivity contribution < 1.29 is 4.39 Å². The van der Waals surface area contributed by atoms with Gasteiger partial charge in [-0.25, -0.2) is 4.39 Å². The summed E-state index contributed by atoms with van der Waals surface area (Å²) in [5.74, 6) is 0.245. The second-order valence-electron chi connectivity index (χ2n) is 6.65. The molecule has 142 valence electrons. The van der Waals surface area contributed by atoms with Crippen LogP contribution in [0.15, 0.2) is 35.6 Å². The highest BCUT2D eigenvalue weighted by molar-refractivity contribution is 5.80. The number of guanidine groups is 1. The van der Waals surface area contributed by atoms with Gasteiger partial charge in [-0.3, -0.25) is 9.67 Å². The fourth-order valence-electron chi connectivity index (χ4n) is 3.23. The highest BCUT2D eigenvalue weighted by Crippen LogP contribution is 2.19. The number of piperidine rings is 1. The summed E-state index contributed by atoms with van der Waals surface area (Å²) < 4.78 is 15.8. The van der Waals surface area contributed by atoms with Gasteiger partial charge in [0.1, 0.15) is 5.82 Å². The van der Waals surface area contributed by atoms with Gasteiger partial charge in [-0.2, -0.15) is 10.4 Å². The van der Waals surface area contributed by atoms with Gasteiger partial charge in [0.05, 0.1) is 23.5 Å². The maximum absolute atomic E-state index is 14.0. The van der Waals surface area contributed by atoms with E-state index >= 15 is 0 Å². The summed E-state index contributed by atoms with van der Waals surface area (Å²) in [6.45, 7) is 2.17. The summed E-state index contributed by atoms with van der Waals surface area (Å²) >= 11 is 0. The summed E-state index contributed by atoms with van der Waals surface area (Å²) in [5, 5.41) is 19.6. The van der Waals surface area contributed by atoms with Crippen molar-refractivity contribution in [3.63, 3.8) is 0 Å². The lowest BCUT2D eigenvalue weighted by molar-refractivity contribution is 0.467. The quantitative estimate of drug-likeness (QED) is 0.634. The van der Waals surface area contributed by atoms with E-state index in [9.17, 15) is 4.39 Å². The van der Waals surface area contributed by atoms with Crippen molar-refractivity contribution >= 4 is 11.6 Å². The number of nitrogens with zero attached hydrogens (tertiary/aromatic N) is 5. The molecule has 2 N–H and O–H groups in total. The molecule has 1 aliphatic rings. The Morgan fingerprint density at radius 2 is 2.33 bits per heavy atom. The molecular weight excluding hydrogens is 345 g/mol. The van der Waals surface area contributed by atoms with Crippen LogP contribution in [0.1, 0.15) is 24.0 Å². The third-order valence-electron chi connectivity index (χ3n) is 4.67. The van der Waals surface area contributed by atoms with Crippen molar-refractivity contribution in [2.24, 2.45) is 12.0 Å². The minimum absolute atomic E-state index is 0.246. The first-order valence-corrected chi connectivity index (χ1v) is 8.98. The standard InChI is InChI=1S/C19H24FN7/c1-22-19(23-10-15-6-5-14(9-21)8-18(15)20)25-16-4-3-7-27(12-16)17-11-24-26(2)13-17/h5-6,8,11,13,16H,3-4,7,10,12H2,1-2H3,(H2,22,23,25). The molecule has 27 heavy (non-hydrogen) atoms. The third kappa shape index (κ3) is 4.76. The van der Waals surface area contributed by atoms with E-state index in [0.29, 0.717) is 23.6 Å². The normalized spacial score (nSPS) is 17.5. The molecule has 1 aliphatic heterocycles. The van der Waals surface area contributed by atoms with E-state index in [4.69, 9.17) is 5.26 Å². The number of hydrogen-bond donors (Lipinski definition) is 2. The van der Waals surface area contributed by atoms with E-state index in [1.165, 1.54) is 6.07 Å². The second kappa shape index (κ2) is 8.54. The molecule has 8 heteroatoms. The van der Waals surface area contributed by atoms with Crippen molar-refractivity contribution in [1.82, 2.24) is 20.4 Å². The van der Waals surface area contributed by atoms with Crippen LogP contribution < -0.4 is 15.5 Å². The largest absolute Gasteiger partial charge is 0.367 e. The van der Waals surface area contributed by atoms with Crippen LogP contribution in [-0.2, 0) is 13.6 Å². The lowest BCUT2D eigenvalue weighted by atomic mass is 10.1. The van der Waals surface area contributed by atoms with Crippen molar-refractivity contribution in [1.29, 1.82) is 5.26 Å². The third-order valence-corrected chi connectivity index (χ3v) is 4.67. The maximum Gasteiger partial charge on any atom is 0.191 e. The molecule has 2 heterocycles. The number of nitriles is 1. The highest BCUT2D eigenvalue weighted by atomic mass is 19.1. The lowest BCUT2D eigenvalue weighted by Gasteiger charge is -2.34. The number of aliphatic imine (C=N–C) groups is 1. The van der Waals surface area contributed by atoms with Crippen LogP contribution in [0.5, 0.6) is 0 Å². The molecule has 0 radical (unpaired) electrons. The minimum atomic E-state index is -0.391. The van der Waals surface area contributed by atoms with Crippen LogP contribution in [0.25, 0.3) is 0 Å². The van der Waals surface area contributed by atoms with Crippen LogP contribution in [0, 0.1) is 17.1 Å². The van der Waals surface area contributed by atoms with Gasteiger partial charge in [-0.1, -0.05) is 6.07 Å². The number of benzene rings is 1. The topological polar surface area (TPSA) is 81.3 Å². The maximum atomic E-state index is 14.0. The van der Waals surface area contributed by atoms with Crippen molar-refractivity contribution in [2.45, 2.75) is 25.4 Å².